The van der Waals surface area contributed by atoms with Crippen LogP contribution in [0.25, 0.3) is 5.65 Å². The highest BCUT2D eigenvalue weighted by Gasteiger charge is 2.34. The Morgan fingerprint density at radius 2 is 1.75 bits per heavy atom. The van der Waals surface area contributed by atoms with Crippen LogP contribution in [0.1, 0.15) is 29.3 Å². The zero-order valence-corrected chi connectivity index (χ0v) is 22.6. The van der Waals surface area contributed by atoms with Gasteiger partial charge in [-0.05, 0) is 42.3 Å². The summed E-state index contributed by atoms with van der Waals surface area (Å²) in [6.45, 7) is 6.78. The Kier molecular flexibility index (Phi) is 8.40. The van der Waals surface area contributed by atoms with Crippen molar-refractivity contribution in [2.75, 3.05) is 50.0 Å². The van der Waals surface area contributed by atoms with Crippen molar-refractivity contribution in [2.45, 2.75) is 19.6 Å². The lowest BCUT2D eigenvalue weighted by molar-refractivity contribution is -0.138. The van der Waals surface area contributed by atoms with Crippen molar-refractivity contribution in [3.05, 3.63) is 82.7 Å². The Morgan fingerprint density at radius 3 is 2.52 bits per heavy atom. The summed E-state index contributed by atoms with van der Waals surface area (Å²) in [6, 6.07) is 7.94. The summed E-state index contributed by atoms with van der Waals surface area (Å²) in [4.78, 5) is 16.9. The van der Waals surface area contributed by atoms with Crippen LogP contribution < -0.4 is 10.6 Å². The molecule has 1 saturated heterocycles. The van der Waals surface area contributed by atoms with Gasteiger partial charge in [0, 0.05) is 56.4 Å². The minimum Gasteiger partial charge on any atom is -0.368 e. The molecule has 0 amide bonds. The predicted molar refractivity (Wildman–Crippen MR) is 149 cm³/mol. The van der Waals surface area contributed by atoms with Gasteiger partial charge in [-0.25, -0.2) is 15.0 Å². The Labute approximate surface area is 235 Å². The van der Waals surface area contributed by atoms with Gasteiger partial charge in [0.25, 0.3) is 0 Å². The number of pyridine rings is 1. The number of fused-ring (bicyclic) bond motifs is 1. The number of rotatable bonds is 7. The normalized spacial score (nSPS) is 14.6. The standard InChI is InChI=1S/C28H28ClF3N8/c1-2-38-9-11-39(12-10-38)17-21-4-5-22(14-24(21)28(30,31)32)36-19-37-26-13-20(7-8-33-26)3-6-23-15-35-27-16-34-25(29)18-40(23)27/h4-5,7-8,13-16,18,36H,2,9-12,17,19H2,1H3,(H,33,37). The summed E-state index contributed by atoms with van der Waals surface area (Å²) >= 11 is 5.98. The van der Waals surface area contributed by atoms with Crippen LogP contribution in [0.5, 0.6) is 0 Å². The van der Waals surface area contributed by atoms with Crippen molar-refractivity contribution < 1.29 is 13.2 Å². The van der Waals surface area contributed by atoms with Crippen molar-refractivity contribution in [1.82, 2.24) is 29.2 Å². The van der Waals surface area contributed by atoms with Gasteiger partial charge in [-0.1, -0.05) is 30.5 Å². The molecule has 0 spiro atoms. The molecule has 0 radical (unpaired) electrons. The first-order valence-electron chi connectivity index (χ1n) is 12.9. The number of likely N-dealkylation sites (N-methyl/N-ethyl adjacent to an activating group) is 1. The number of imidazole rings is 1. The summed E-state index contributed by atoms with van der Waals surface area (Å²) in [5.41, 5.74) is 2.03. The predicted octanol–water partition coefficient (Wildman–Crippen LogP) is 4.82. The van der Waals surface area contributed by atoms with Gasteiger partial charge in [0.05, 0.1) is 24.6 Å². The van der Waals surface area contributed by atoms with Gasteiger partial charge in [-0.3, -0.25) is 9.30 Å². The third-order valence-electron chi connectivity index (χ3n) is 6.74. The number of nitrogens with one attached hydrogen (secondary N) is 2. The maximum absolute atomic E-state index is 13.9. The van der Waals surface area contributed by atoms with Gasteiger partial charge in [0.15, 0.2) is 5.65 Å². The molecule has 5 rings (SSSR count). The van der Waals surface area contributed by atoms with Gasteiger partial charge >= 0.3 is 6.18 Å². The molecule has 1 aliphatic heterocycles. The molecule has 4 aromatic rings. The molecule has 0 aliphatic carbocycles. The molecule has 0 saturated carbocycles. The Morgan fingerprint density at radius 1 is 0.950 bits per heavy atom. The summed E-state index contributed by atoms with van der Waals surface area (Å²) in [5.74, 6) is 6.66. The van der Waals surface area contributed by atoms with E-state index in [1.54, 1.807) is 53.5 Å². The van der Waals surface area contributed by atoms with E-state index in [4.69, 9.17) is 11.6 Å². The number of aromatic nitrogens is 4. The largest absolute Gasteiger partial charge is 0.416 e. The fourth-order valence-electron chi connectivity index (χ4n) is 4.53. The quantitative estimate of drug-likeness (QED) is 0.245. The van der Waals surface area contributed by atoms with E-state index in [1.807, 2.05) is 0 Å². The van der Waals surface area contributed by atoms with Crippen LogP contribution in [0, 0.1) is 11.8 Å². The lowest BCUT2D eigenvalue weighted by Gasteiger charge is -2.34. The minimum atomic E-state index is -4.44. The zero-order valence-electron chi connectivity index (χ0n) is 21.8. The van der Waals surface area contributed by atoms with Crippen LogP contribution in [0.15, 0.2) is 55.1 Å². The maximum atomic E-state index is 13.9. The average molecular weight is 569 g/mol. The molecule has 0 atom stereocenters. The summed E-state index contributed by atoms with van der Waals surface area (Å²) in [6.07, 6.45) is 2.01. The monoisotopic (exact) mass is 568 g/mol. The Bertz CT molecular complexity index is 1530. The van der Waals surface area contributed by atoms with Crippen LogP contribution in [0.3, 0.4) is 0 Å². The number of hydrogen-bond acceptors (Lipinski definition) is 7. The fraction of sp³-hybridized carbons (Fsp3) is 0.321. The number of hydrogen-bond donors (Lipinski definition) is 2. The third-order valence-corrected chi connectivity index (χ3v) is 6.94. The highest BCUT2D eigenvalue weighted by Crippen LogP contribution is 2.34. The average Bonchev–Trinajstić information content (AvgIpc) is 3.34. The second-order valence-electron chi connectivity index (χ2n) is 9.37. The first kappa shape index (κ1) is 27.7. The summed E-state index contributed by atoms with van der Waals surface area (Å²) in [7, 11) is 0. The van der Waals surface area contributed by atoms with Crippen LogP contribution >= 0.6 is 11.6 Å². The van der Waals surface area contributed by atoms with Crippen LogP contribution in [-0.2, 0) is 12.7 Å². The molecule has 0 bridgehead atoms. The van der Waals surface area contributed by atoms with Gasteiger partial charge in [-0.15, -0.1) is 0 Å². The molecule has 1 fully saturated rings. The minimum absolute atomic E-state index is 0.179. The first-order valence-corrected chi connectivity index (χ1v) is 13.3. The van der Waals surface area contributed by atoms with Crippen LogP contribution in [0.2, 0.25) is 5.15 Å². The lowest BCUT2D eigenvalue weighted by Crippen LogP contribution is -2.45. The third kappa shape index (κ3) is 6.83. The van der Waals surface area contributed by atoms with Crippen molar-refractivity contribution in [2.24, 2.45) is 0 Å². The second kappa shape index (κ2) is 12.1. The molecule has 40 heavy (non-hydrogen) atoms. The van der Waals surface area contributed by atoms with E-state index in [1.165, 1.54) is 6.07 Å². The van der Waals surface area contributed by atoms with Crippen LogP contribution in [-0.4, -0.2) is 68.5 Å². The van der Waals surface area contributed by atoms with Gasteiger partial charge in [0.2, 0.25) is 0 Å². The first-order chi connectivity index (χ1) is 19.3. The number of nitrogens with zero attached hydrogens (tertiary/aromatic N) is 6. The topological polar surface area (TPSA) is 73.6 Å². The molecule has 12 heteroatoms. The second-order valence-corrected chi connectivity index (χ2v) is 9.76. The van der Waals surface area contributed by atoms with E-state index >= 15 is 0 Å². The van der Waals surface area contributed by atoms with Crippen molar-refractivity contribution in [3.63, 3.8) is 0 Å². The van der Waals surface area contributed by atoms with E-state index in [0.29, 0.717) is 33.6 Å². The molecule has 3 aromatic heterocycles. The molecular weight excluding hydrogens is 541 g/mol. The fourth-order valence-corrected chi connectivity index (χ4v) is 4.68. The van der Waals surface area contributed by atoms with Crippen LogP contribution in [0.4, 0.5) is 24.7 Å². The van der Waals surface area contributed by atoms with E-state index in [0.717, 1.165) is 32.7 Å². The number of piperazine rings is 1. The summed E-state index contributed by atoms with van der Waals surface area (Å²) < 4.78 is 43.5. The number of halogens is 4. The van der Waals surface area contributed by atoms with Gasteiger partial charge < -0.3 is 15.5 Å². The SMILES string of the molecule is CCN1CCN(Cc2ccc(NCNc3cc(C#Cc4cnc5cnc(Cl)cn45)ccn3)cc2C(F)(F)F)CC1. The number of anilines is 2. The number of alkyl halides is 3. The summed E-state index contributed by atoms with van der Waals surface area (Å²) in [5, 5.41) is 6.43. The van der Waals surface area contributed by atoms with Crippen molar-refractivity contribution >= 4 is 28.8 Å². The molecule has 1 aliphatic rings. The Hall–Kier alpha value is -3.85. The Balaban J connectivity index is 1.21. The van der Waals surface area contributed by atoms with Gasteiger partial charge in [-0.2, -0.15) is 13.2 Å². The van der Waals surface area contributed by atoms with Crippen molar-refractivity contribution in [3.8, 4) is 11.8 Å². The van der Waals surface area contributed by atoms with Crippen molar-refractivity contribution in [1.29, 1.82) is 0 Å². The van der Waals surface area contributed by atoms with E-state index in [-0.39, 0.29) is 18.8 Å². The molecule has 2 N–H and O–H groups in total. The molecule has 1 aromatic carbocycles. The molecular formula is C28H28ClF3N8. The lowest BCUT2D eigenvalue weighted by atomic mass is 10.0. The molecule has 0 unspecified atom stereocenters. The molecule has 4 heterocycles. The zero-order chi connectivity index (χ0) is 28.1. The number of benzene rings is 1. The highest BCUT2D eigenvalue weighted by atomic mass is 35.5. The highest BCUT2D eigenvalue weighted by molar-refractivity contribution is 6.29. The van der Waals surface area contributed by atoms with E-state index in [2.05, 4.69) is 54.1 Å². The maximum Gasteiger partial charge on any atom is 0.416 e. The van der Waals surface area contributed by atoms with Gasteiger partial charge in [0.1, 0.15) is 16.7 Å². The molecule has 208 valence electrons. The smallest absolute Gasteiger partial charge is 0.368 e. The molecule has 8 nitrogen and oxygen atoms in total. The van der Waals surface area contributed by atoms with E-state index in [9.17, 15) is 13.2 Å². The van der Waals surface area contributed by atoms with E-state index < -0.39 is 11.7 Å².